The van der Waals surface area contributed by atoms with Crippen LogP contribution in [-0.4, -0.2) is 42.8 Å². The van der Waals surface area contributed by atoms with Crippen LogP contribution in [0.5, 0.6) is 5.75 Å². The number of amides is 3. The number of methoxy groups -OCH3 is 1. The second-order valence-electron chi connectivity index (χ2n) is 8.03. The number of hydrogen-bond donors (Lipinski definition) is 1. The SMILES string of the molecule is COc1ccc(N2C(=O)C(Cl)=C(Nc3ccc(C(=O)N4CCCC(C)C4)cc3)C2=O)cc1. The fourth-order valence-corrected chi connectivity index (χ4v) is 4.19. The first-order valence-electron chi connectivity index (χ1n) is 10.5. The van der Waals surface area contributed by atoms with Crippen molar-refractivity contribution < 1.29 is 19.1 Å². The molecule has 0 radical (unpaired) electrons. The standard InChI is InChI=1S/C24H24ClN3O4/c1-15-4-3-13-27(14-15)22(29)16-5-7-17(8-6-16)26-21-20(25)23(30)28(24(21)31)18-9-11-19(32-2)12-10-18/h5-12,15,26H,3-4,13-14H2,1-2H3. The van der Waals surface area contributed by atoms with E-state index in [0.29, 0.717) is 28.6 Å². The van der Waals surface area contributed by atoms with Crippen molar-refractivity contribution in [2.45, 2.75) is 19.8 Å². The average Bonchev–Trinajstić information content (AvgIpc) is 3.02. The van der Waals surface area contributed by atoms with Crippen molar-refractivity contribution in [2.24, 2.45) is 5.92 Å². The number of anilines is 2. The molecule has 0 bridgehead atoms. The molecule has 8 heteroatoms. The van der Waals surface area contributed by atoms with Crippen molar-refractivity contribution in [1.82, 2.24) is 4.90 Å². The Hall–Kier alpha value is -3.32. The summed E-state index contributed by atoms with van der Waals surface area (Å²) in [5, 5.41) is 2.75. The smallest absolute Gasteiger partial charge is 0.283 e. The molecule has 2 aliphatic heterocycles. The number of halogens is 1. The lowest BCUT2D eigenvalue weighted by Crippen LogP contribution is -2.39. The van der Waals surface area contributed by atoms with E-state index < -0.39 is 11.8 Å². The van der Waals surface area contributed by atoms with Crippen molar-refractivity contribution in [3.8, 4) is 5.75 Å². The number of carbonyl (C=O) groups is 3. The molecule has 2 aromatic rings. The number of likely N-dealkylation sites (tertiary alicyclic amines) is 1. The van der Waals surface area contributed by atoms with Crippen molar-refractivity contribution in [2.75, 3.05) is 30.4 Å². The van der Waals surface area contributed by atoms with Crippen LogP contribution < -0.4 is 15.0 Å². The Morgan fingerprint density at radius 2 is 1.75 bits per heavy atom. The first-order chi connectivity index (χ1) is 15.4. The summed E-state index contributed by atoms with van der Waals surface area (Å²) in [6.45, 7) is 3.68. The maximum atomic E-state index is 12.9. The van der Waals surface area contributed by atoms with E-state index in [4.69, 9.17) is 16.3 Å². The molecule has 2 heterocycles. The third-order valence-corrected chi connectivity index (χ3v) is 6.05. The Morgan fingerprint density at radius 1 is 1.06 bits per heavy atom. The largest absolute Gasteiger partial charge is 0.497 e. The van der Waals surface area contributed by atoms with E-state index in [1.807, 2.05) is 4.90 Å². The number of carbonyl (C=O) groups excluding carboxylic acids is 3. The van der Waals surface area contributed by atoms with Gasteiger partial charge in [-0.2, -0.15) is 0 Å². The van der Waals surface area contributed by atoms with Gasteiger partial charge in [0.2, 0.25) is 0 Å². The van der Waals surface area contributed by atoms with Crippen LogP contribution in [0.15, 0.2) is 59.3 Å². The van der Waals surface area contributed by atoms with Crippen molar-refractivity contribution in [3.05, 3.63) is 64.8 Å². The lowest BCUT2D eigenvalue weighted by molar-refractivity contribution is -0.120. The van der Waals surface area contributed by atoms with E-state index in [2.05, 4.69) is 12.2 Å². The number of rotatable bonds is 5. The molecule has 166 valence electrons. The predicted molar refractivity (Wildman–Crippen MR) is 123 cm³/mol. The summed E-state index contributed by atoms with van der Waals surface area (Å²) in [6, 6.07) is 13.4. The number of nitrogens with zero attached hydrogens (tertiary/aromatic N) is 2. The molecule has 2 aromatic carbocycles. The highest BCUT2D eigenvalue weighted by Crippen LogP contribution is 2.31. The van der Waals surface area contributed by atoms with Crippen LogP contribution in [0.4, 0.5) is 11.4 Å². The zero-order chi connectivity index (χ0) is 22.8. The molecule has 0 aliphatic carbocycles. The monoisotopic (exact) mass is 453 g/mol. The minimum atomic E-state index is -0.602. The molecule has 1 atom stereocenters. The number of piperidine rings is 1. The molecule has 1 unspecified atom stereocenters. The molecular formula is C24H24ClN3O4. The quantitative estimate of drug-likeness (QED) is 0.692. The molecule has 4 rings (SSSR count). The molecule has 2 aliphatic rings. The minimum Gasteiger partial charge on any atom is -0.497 e. The third kappa shape index (κ3) is 4.21. The molecule has 32 heavy (non-hydrogen) atoms. The number of nitrogens with one attached hydrogen (secondary N) is 1. The minimum absolute atomic E-state index is 0.00171. The zero-order valence-corrected chi connectivity index (χ0v) is 18.7. The molecule has 7 nitrogen and oxygen atoms in total. The van der Waals surface area contributed by atoms with Crippen LogP contribution in [0.3, 0.4) is 0 Å². The van der Waals surface area contributed by atoms with Crippen LogP contribution in [-0.2, 0) is 9.59 Å². The second-order valence-corrected chi connectivity index (χ2v) is 8.41. The van der Waals surface area contributed by atoms with Crippen LogP contribution in [0.2, 0.25) is 0 Å². The topological polar surface area (TPSA) is 79.0 Å². The lowest BCUT2D eigenvalue weighted by atomic mass is 9.99. The van der Waals surface area contributed by atoms with Crippen LogP contribution in [0, 0.1) is 5.92 Å². The fraction of sp³-hybridized carbons (Fsp3) is 0.292. The van der Waals surface area contributed by atoms with Crippen LogP contribution >= 0.6 is 11.6 Å². The molecular weight excluding hydrogens is 430 g/mol. The molecule has 1 fully saturated rings. The average molecular weight is 454 g/mol. The summed E-state index contributed by atoms with van der Waals surface area (Å²) in [6.07, 6.45) is 2.16. The number of benzene rings is 2. The number of hydrogen-bond acceptors (Lipinski definition) is 5. The van der Waals surface area contributed by atoms with Crippen molar-refractivity contribution in [1.29, 1.82) is 0 Å². The molecule has 0 saturated carbocycles. The molecule has 0 aromatic heterocycles. The van der Waals surface area contributed by atoms with Gasteiger partial charge in [-0.1, -0.05) is 18.5 Å². The van der Waals surface area contributed by atoms with Gasteiger partial charge in [-0.15, -0.1) is 0 Å². The van der Waals surface area contributed by atoms with E-state index in [1.165, 1.54) is 7.11 Å². The predicted octanol–water partition coefficient (Wildman–Crippen LogP) is 4.00. The van der Waals surface area contributed by atoms with Gasteiger partial charge < -0.3 is 15.0 Å². The van der Waals surface area contributed by atoms with Gasteiger partial charge in [-0.25, -0.2) is 4.90 Å². The fourth-order valence-electron chi connectivity index (χ4n) is 3.97. The van der Waals surface area contributed by atoms with Gasteiger partial charge in [0.1, 0.15) is 16.5 Å². The van der Waals surface area contributed by atoms with Gasteiger partial charge in [0.05, 0.1) is 12.8 Å². The maximum absolute atomic E-state index is 12.9. The van der Waals surface area contributed by atoms with E-state index in [1.54, 1.807) is 48.5 Å². The van der Waals surface area contributed by atoms with E-state index in [0.717, 1.165) is 30.8 Å². The van der Waals surface area contributed by atoms with E-state index in [-0.39, 0.29) is 16.6 Å². The third-order valence-electron chi connectivity index (χ3n) is 5.70. The van der Waals surface area contributed by atoms with Crippen LogP contribution in [0.25, 0.3) is 0 Å². The highest BCUT2D eigenvalue weighted by atomic mass is 35.5. The van der Waals surface area contributed by atoms with E-state index in [9.17, 15) is 14.4 Å². The summed E-state index contributed by atoms with van der Waals surface area (Å²) in [5.74, 6) is -0.0395. The van der Waals surface area contributed by atoms with Crippen molar-refractivity contribution in [3.63, 3.8) is 0 Å². The highest BCUT2D eigenvalue weighted by Gasteiger charge is 2.39. The summed E-state index contributed by atoms with van der Waals surface area (Å²) >= 11 is 6.19. The summed E-state index contributed by atoms with van der Waals surface area (Å²) in [5.41, 5.74) is 1.53. The van der Waals surface area contributed by atoms with Gasteiger partial charge in [-0.05, 0) is 67.3 Å². The van der Waals surface area contributed by atoms with Gasteiger partial charge in [0.25, 0.3) is 17.7 Å². The number of imide groups is 1. The number of ether oxygens (including phenoxy) is 1. The Morgan fingerprint density at radius 3 is 2.38 bits per heavy atom. The molecule has 1 N–H and O–H groups in total. The first-order valence-corrected chi connectivity index (χ1v) is 10.9. The molecule has 1 saturated heterocycles. The Kier molecular flexibility index (Phi) is 6.19. The van der Waals surface area contributed by atoms with Crippen molar-refractivity contribution >= 4 is 40.7 Å². The molecule has 0 spiro atoms. The normalized spacial score (nSPS) is 18.9. The summed E-state index contributed by atoms with van der Waals surface area (Å²) < 4.78 is 5.11. The van der Waals surface area contributed by atoms with Gasteiger partial charge in [0.15, 0.2) is 0 Å². The second kappa shape index (κ2) is 9.04. The lowest BCUT2D eigenvalue weighted by Gasteiger charge is -2.31. The highest BCUT2D eigenvalue weighted by molar-refractivity contribution is 6.53. The zero-order valence-electron chi connectivity index (χ0n) is 17.9. The first kappa shape index (κ1) is 21.9. The summed E-state index contributed by atoms with van der Waals surface area (Å²) in [7, 11) is 1.54. The Bertz CT molecular complexity index is 1080. The Labute approximate surface area is 191 Å². The van der Waals surface area contributed by atoms with Gasteiger partial charge >= 0.3 is 0 Å². The van der Waals surface area contributed by atoms with E-state index >= 15 is 0 Å². The maximum Gasteiger partial charge on any atom is 0.283 e. The Balaban J connectivity index is 1.48. The molecule has 3 amide bonds. The van der Waals surface area contributed by atoms with Crippen LogP contribution in [0.1, 0.15) is 30.1 Å². The van der Waals surface area contributed by atoms with Gasteiger partial charge in [-0.3, -0.25) is 14.4 Å². The summed E-state index contributed by atoms with van der Waals surface area (Å²) in [4.78, 5) is 41.2. The van der Waals surface area contributed by atoms with Gasteiger partial charge in [0, 0.05) is 24.3 Å².